The van der Waals surface area contributed by atoms with Crippen LogP contribution < -0.4 is 0 Å². The van der Waals surface area contributed by atoms with Gasteiger partial charge in [-0.15, -0.1) is 0 Å². The zero-order valence-corrected chi connectivity index (χ0v) is 16.3. The first-order valence-electron chi connectivity index (χ1n) is 9.71. The zero-order valence-electron chi connectivity index (χ0n) is 16.3. The van der Waals surface area contributed by atoms with Crippen molar-refractivity contribution in [1.29, 1.82) is 0 Å². The Morgan fingerprint density at radius 3 is 2.14 bits per heavy atom. The van der Waals surface area contributed by atoms with Crippen molar-refractivity contribution in [3.63, 3.8) is 0 Å². The lowest BCUT2D eigenvalue weighted by Crippen LogP contribution is -2.49. The summed E-state index contributed by atoms with van der Waals surface area (Å²) in [5.74, 6) is -0.991. The molecular weight excluding hydrogens is 366 g/mol. The second-order valence-electron chi connectivity index (χ2n) is 7.46. The number of hydrogen-bond donors (Lipinski definition) is 1. The SMILES string of the molecule is Cc1cc(C(=O)N2CCC(C(=O)O)(c3ccccc3)CC2)nn1-c1ccccc1. The lowest BCUT2D eigenvalue weighted by Gasteiger charge is -2.39. The van der Waals surface area contributed by atoms with Gasteiger partial charge in [0.15, 0.2) is 5.69 Å². The highest BCUT2D eigenvalue weighted by Gasteiger charge is 2.44. The minimum atomic E-state index is -0.947. The molecular formula is C23H23N3O3. The maximum Gasteiger partial charge on any atom is 0.314 e. The maximum atomic E-state index is 13.0. The zero-order chi connectivity index (χ0) is 20.4. The standard InChI is InChI=1S/C23H23N3O3/c1-17-16-20(24-26(17)19-10-6-3-7-11-19)21(27)25-14-12-23(13-15-25,22(28)29)18-8-4-2-5-9-18/h2-11,16H,12-15H2,1H3,(H,28,29). The number of carboxylic acids is 1. The highest BCUT2D eigenvalue weighted by atomic mass is 16.4. The minimum absolute atomic E-state index is 0.158. The summed E-state index contributed by atoms with van der Waals surface area (Å²) in [4.78, 5) is 26.8. The van der Waals surface area contributed by atoms with Crippen LogP contribution in [-0.4, -0.2) is 44.8 Å². The Bertz CT molecular complexity index is 1020. The first kappa shape index (κ1) is 18.9. The molecule has 1 N–H and O–H groups in total. The molecule has 0 bridgehead atoms. The predicted octanol–water partition coefficient (Wildman–Crippen LogP) is 3.44. The number of aliphatic carboxylic acids is 1. The smallest absolute Gasteiger partial charge is 0.314 e. The number of aryl methyl sites for hydroxylation is 1. The van der Waals surface area contributed by atoms with Gasteiger partial charge in [-0.25, -0.2) is 4.68 Å². The van der Waals surface area contributed by atoms with E-state index in [1.54, 1.807) is 15.6 Å². The van der Waals surface area contributed by atoms with Crippen molar-refractivity contribution >= 4 is 11.9 Å². The monoisotopic (exact) mass is 389 g/mol. The van der Waals surface area contributed by atoms with Crippen LogP contribution in [0.3, 0.4) is 0 Å². The minimum Gasteiger partial charge on any atom is -0.481 e. The van der Waals surface area contributed by atoms with E-state index in [0.717, 1.165) is 16.9 Å². The number of nitrogens with zero attached hydrogens (tertiary/aromatic N) is 3. The molecule has 6 nitrogen and oxygen atoms in total. The Hall–Kier alpha value is -3.41. The average molecular weight is 389 g/mol. The molecule has 2 heterocycles. The Kier molecular flexibility index (Phi) is 4.92. The fourth-order valence-electron chi connectivity index (χ4n) is 4.05. The Balaban J connectivity index is 1.53. The summed E-state index contributed by atoms with van der Waals surface area (Å²) in [5.41, 5.74) is 2.01. The number of para-hydroxylation sites is 1. The number of rotatable bonds is 4. The summed E-state index contributed by atoms with van der Waals surface area (Å²) in [6, 6.07) is 20.8. The number of carboxylic acid groups (broad SMARTS) is 1. The number of hydrogen-bond acceptors (Lipinski definition) is 3. The van der Waals surface area contributed by atoms with Gasteiger partial charge in [0.25, 0.3) is 5.91 Å². The third kappa shape index (κ3) is 3.42. The molecule has 1 amide bonds. The highest BCUT2D eigenvalue weighted by molar-refractivity contribution is 5.93. The van der Waals surface area contributed by atoms with E-state index < -0.39 is 11.4 Å². The third-order valence-electron chi connectivity index (χ3n) is 5.75. The van der Waals surface area contributed by atoms with E-state index >= 15 is 0 Å². The molecule has 1 saturated heterocycles. The van der Waals surface area contributed by atoms with E-state index in [9.17, 15) is 14.7 Å². The van der Waals surface area contributed by atoms with Crippen LogP contribution in [0.25, 0.3) is 5.69 Å². The number of benzene rings is 2. The van der Waals surface area contributed by atoms with E-state index in [1.165, 1.54) is 0 Å². The molecule has 1 aliphatic heterocycles. The number of amides is 1. The lowest BCUT2D eigenvalue weighted by molar-refractivity contribution is -0.145. The summed E-state index contributed by atoms with van der Waals surface area (Å²) in [6.07, 6.45) is 0.771. The molecule has 0 radical (unpaired) electrons. The summed E-state index contributed by atoms with van der Waals surface area (Å²) in [6.45, 7) is 2.69. The molecule has 1 aliphatic rings. The summed E-state index contributed by atoms with van der Waals surface area (Å²) < 4.78 is 1.75. The molecule has 29 heavy (non-hydrogen) atoms. The number of carbonyl (C=O) groups excluding carboxylic acids is 1. The Morgan fingerprint density at radius 1 is 0.966 bits per heavy atom. The van der Waals surface area contributed by atoms with Crippen LogP contribution in [0.4, 0.5) is 0 Å². The molecule has 6 heteroatoms. The van der Waals surface area contributed by atoms with Crippen LogP contribution in [0, 0.1) is 6.92 Å². The van der Waals surface area contributed by atoms with Crippen LogP contribution >= 0.6 is 0 Å². The summed E-state index contributed by atoms with van der Waals surface area (Å²) >= 11 is 0. The number of piperidine rings is 1. The predicted molar refractivity (Wildman–Crippen MR) is 109 cm³/mol. The molecule has 0 saturated carbocycles. The van der Waals surface area contributed by atoms with Crippen LogP contribution in [-0.2, 0) is 10.2 Å². The van der Waals surface area contributed by atoms with Gasteiger partial charge >= 0.3 is 5.97 Å². The summed E-state index contributed by atoms with van der Waals surface area (Å²) in [5, 5.41) is 14.4. The molecule has 0 unspecified atom stereocenters. The average Bonchev–Trinajstić information content (AvgIpc) is 3.16. The second kappa shape index (κ2) is 7.54. The van der Waals surface area contributed by atoms with Crippen LogP contribution in [0.15, 0.2) is 66.7 Å². The highest BCUT2D eigenvalue weighted by Crippen LogP contribution is 2.36. The Morgan fingerprint density at radius 2 is 1.55 bits per heavy atom. The van der Waals surface area contributed by atoms with Crippen LogP contribution in [0.2, 0.25) is 0 Å². The maximum absolute atomic E-state index is 13.0. The molecule has 3 aromatic rings. The quantitative estimate of drug-likeness (QED) is 0.742. The number of carbonyl (C=O) groups is 2. The van der Waals surface area contributed by atoms with Gasteiger partial charge in [0.2, 0.25) is 0 Å². The number of likely N-dealkylation sites (tertiary alicyclic amines) is 1. The van der Waals surface area contributed by atoms with Crippen molar-refractivity contribution in [2.24, 2.45) is 0 Å². The molecule has 0 spiro atoms. The van der Waals surface area contributed by atoms with Crippen LogP contribution in [0.1, 0.15) is 34.6 Å². The fraction of sp³-hybridized carbons (Fsp3) is 0.261. The first-order valence-corrected chi connectivity index (χ1v) is 9.71. The van der Waals surface area contributed by atoms with E-state index in [4.69, 9.17) is 0 Å². The van der Waals surface area contributed by atoms with Gasteiger partial charge < -0.3 is 10.0 Å². The van der Waals surface area contributed by atoms with Gasteiger partial charge in [-0.2, -0.15) is 5.10 Å². The van der Waals surface area contributed by atoms with E-state index in [-0.39, 0.29) is 5.91 Å². The summed E-state index contributed by atoms with van der Waals surface area (Å²) in [7, 11) is 0. The third-order valence-corrected chi connectivity index (χ3v) is 5.75. The molecule has 1 fully saturated rings. The van der Waals surface area contributed by atoms with Crippen molar-refractivity contribution in [2.75, 3.05) is 13.1 Å². The van der Waals surface area contributed by atoms with Crippen molar-refractivity contribution < 1.29 is 14.7 Å². The van der Waals surface area contributed by atoms with Gasteiger partial charge in [-0.3, -0.25) is 9.59 Å². The van der Waals surface area contributed by atoms with E-state index in [0.29, 0.717) is 31.6 Å². The van der Waals surface area contributed by atoms with Crippen molar-refractivity contribution in [1.82, 2.24) is 14.7 Å². The molecule has 148 valence electrons. The molecule has 0 aliphatic carbocycles. The van der Waals surface area contributed by atoms with E-state index in [1.807, 2.05) is 67.6 Å². The van der Waals surface area contributed by atoms with Crippen molar-refractivity contribution in [3.05, 3.63) is 83.7 Å². The van der Waals surface area contributed by atoms with E-state index in [2.05, 4.69) is 5.10 Å². The topological polar surface area (TPSA) is 75.4 Å². The van der Waals surface area contributed by atoms with Crippen molar-refractivity contribution in [2.45, 2.75) is 25.2 Å². The normalized spacial score (nSPS) is 15.8. The van der Waals surface area contributed by atoms with Crippen LogP contribution in [0.5, 0.6) is 0 Å². The van der Waals surface area contributed by atoms with Gasteiger partial charge in [-0.1, -0.05) is 48.5 Å². The van der Waals surface area contributed by atoms with Crippen molar-refractivity contribution in [3.8, 4) is 5.69 Å². The first-order chi connectivity index (χ1) is 14.0. The van der Waals surface area contributed by atoms with Gasteiger partial charge in [0, 0.05) is 18.8 Å². The lowest BCUT2D eigenvalue weighted by atomic mass is 9.73. The fourth-order valence-corrected chi connectivity index (χ4v) is 4.05. The van der Waals surface area contributed by atoms with Gasteiger partial charge in [0.1, 0.15) is 0 Å². The molecule has 2 aromatic carbocycles. The second-order valence-corrected chi connectivity index (χ2v) is 7.46. The molecule has 0 atom stereocenters. The van der Waals surface area contributed by atoms with Gasteiger partial charge in [-0.05, 0) is 43.5 Å². The molecule has 1 aromatic heterocycles. The number of aromatic nitrogens is 2. The van der Waals surface area contributed by atoms with Gasteiger partial charge in [0.05, 0.1) is 11.1 Å². The Labute approximate surface area is 169 Å². The largest absolute Gasteiger partial charge is 0.481 e. The molecule has 4 rings (SSSR count).